The molecule has 1 aliphatic rings. The van der Waals surface area contributed by atoms with Crippen LogP contribution < -0.4 is 10.1 Å². The molecule has 0 radical (unpaired) electrons. The fourth-order valence-electron chi connectivity index (χ4n) is 3.91. The number of carbonyl (C=O) groups is 1. The molecule has 2 aromatic carbocycles. The van der Waals surface area contributed by atoms with Gasteiger partial charge in [-0.05, 0) is 68.1 Å². The lowest BCUT2D eigenvalue weighted by Crippen LogP contribution is -2.35. The molecular formula is C24H28N4O3. The summed E-state index contributed by atoms with van der Waals surface area (Å²) in [5, 5.41) is 6.74. The Morgan fingerprint density at radius 1 is 1.13 bits per heavy atom. The van der Waals surface area contributed by atoms with Crippen LogP contribution in [0.1, 0.15) is 35.4 Å². The van der Waals surface area contributed by atoms with Crippen molar-refractivity contribution in [3.05, 3.63) is 66.0 Å². The minimum atomic E-state index is -0.301. The number of hydrogen-bond donors (Lipinski definition) is 1. The van der Waals surface area contributed by atoms with Crippen LogP contribution >= 0.6 is 0 Å². The summed E-state index contributed by atoms with van der Waals surface area (Å²) in [5.41, 5.74) is 2.11. The van der Waals surface area contributed by atoms with Gasteiger partial charge in [0.15, 0.2) is 0 Å². The van der Waals surface area contributed by atoms with E-state index in [1.54, 1.807) is 7.11 Å². The molecule has 1 aliphatic heterocycles. The molecule has 7 nitrogen and oxygen atoms in total. The highest BCUT2D eigenvalue weighted by Gasteiger charge is 2.20. The van der Waals surface area contributed by atoms with E-state index in [2.05, 4.69) is 50.7 Å². The van der Waals surface area contributed by atoms with Crippen LogP contribution in [-0.4, -0.2) is 47.7 Å². The van der Waals surface area contributed by atoms with Crippen LogP contribution in [0.2, 0.25) is 0 Å². The highest BCUT2D eigenvalue weighted by atomic mass is 16.5. The van der Waals surface area contributed by atoms with E-state index in [0.29, 0.717) is 18.4 Å². The summed E-state index contributed by atoms with van der Waals surface area (Å²) >= 11 is 0. The van der Waals surface area contributed by atoms with Gasteiger partial charge in [0.05, 0.1) is 7.11 Å². The first-order chi connectivity index (χ1) is 15.2. The van der Waals surface area contributed by atoms with Gasteiger partial charge in [-0.25, -0.2) is 0 Å². The molecule has 0 saturated carbocycles. The van der Waals surface area contributed by atoms with Crippen LogP contribution in [0, 0.1) is 5.92 Å². The molecule has 0 aliphatic carbocycles. The number of carbonyl (C=O) groups excluding carboxylic acids is 1. The maximum atomic E-state index is 12.4. The summed E-state index contributed by atoms with van der Waals surface area (Å²) in [6.07, 6.45) is 3.28. The molecule has 1 N–H and O–H groups in total. The van der Waals surface area contributed by atoms with Gasteiger partial charge < -0.3 is 14.6 Å². The number of methoxy groups -OCH3 is 1. The highest BCUT2D eigenvalue weighted by Crippen LogP contribution is 2.22. The first kappa shape index (κ1) is 21.1. The van der Waals surface area contributed by atoms with Crippen LogP contribution in [0.15, 0.2) is 59.1 Å². The maximum absolute atomic E-state index is 12.4. The third kappa shape index (κ3) is 5.70. The second-order valence-electron chi connectivity index (χ2n) is 7.90. The van der Waals surface area contributed by atoms with Crippen molar-refractivity contribution >= 4 is 5.91 Å². The molecule has 2 heterocycles. The molecule has 31 heavy (non-hydrogen) atoms. The van der Waals surface area contributed by atoms with E-state index in [1.807, 2.05) is 24.3 Å². The van der Waals surface area contributed by atoms with Crippen molar-refractivity contribution in [1.82, 2.24) is 20.4 Å². The largest absolute Gasteiger partial charge is 0.497 e. The standard InChI is InChI=1S/C24H28N4O3/c1-30-21-9-7-20(8-10-21)24-26-22(27-31-24)23(29)25-14-11-18-12-15-28(16-13-18)17-19-5-3-2-4-6-19/h2-10,18H,11-17H2,1H3,(H,25,29). The Balaban J connectivity index is 1.19. The fraction of sp³-hybridized carbons (Fsp3) is 0.375. The van der Waals surface area contributed by atoms with Crippen molar-refractivity contribution in [2.24, 2.45) is 5.92 Å². The van der Waals surface area contributed by atoms with Crippen molar-refractivity contribution < 1.29 is 14.1 Å². The molecule has 162 valence electrons. The lowest BCUT2D eigenvalue weighted by atomic mass is 9.93. The van der Waals surface area contributed by atoms with Crippen molar-refractivity contribution in [1.29, 1.82) is 0 Å². The number of rotatable bonds is 8. The number of nitrogens with one attached hydrogen (secondary N) is 1. The fourth-order valence-corrected chi connectivity index (χ4v) is 3.91. The third-order valence-corrected chi connectivity index (χ3v) is 5.76. The van der Waals surface area contributed by atoms with Gasteiger partial charge in [-0.15, -0.1) is 0 Å². The van der Waals surface area contributed by atoms with Crippen molar-refractivity contribution in [2.75, 3.05) is 26.7 Å². The molecular weight excluding hydrogens is 392 g/mol. The molecule has 4 rings (SSSR count). The predicted molar refractivity (Wildman–Crippen MR) is 118 cm³/mol. The quantitative estimate of drug-likeness (QED) is 0.597. The van der Waals surface area contributed by atoms with Crippen LogP contribution in [-0.2, 0) is 6.54 Å². The van der Waals surface area contributed by atoms with Crippen LogP contribution in [0.4, 0.5) is 0 Å². The van der Waals surface area contributed by atoms with E-state index >= 15 is 0 Å². The van der Waals surface area contributed by atoms with Gasteiger partial charge in [0.1, 0.15) is 5.75 Å². The van der Waals surface area contributed by atoms with Crippen LogP contribution in [0.5, 0.6) is 5.75 Å². The van der Waals surface area contributed by atoms with Gasteiger partial charge in [0.2, 0.25) is 0 Å². The first-order valence-corrected chi connectivity index (χ1v) is 10.7. The molecule has 1 amide bonds. The van der Waals surface area contributed by atoms with Gasteiger partial charge in [-0.3, -0.25) is 9.69 Å². The average Bonchev–Trinajstić information content (AvgIpc) is 3.31. The Labute approximate surface area is 182 Å². The van der Waals surface area contributed by atoms with E-state index in [0.717, 1.165) is 50.2 Å². The zero-order chi connectivity index (χ0) is 21.5. The first-order valence-electron chi connectivity index (χ1n) is 10.7. The van der Waals surface area contributed by atoms with Gasteiger partial charge in [0.25, 0.3) is 17.6 Å². The SMILES string of the molecule is COc1ccc(-c2nc(C(=O)NCCC3CCN(Cc4ccccc4)CC3)no2)cc1. The zero-order valence-corrected chi connectivity index (χ0v) is 17.8. The second-order valence-corrected chi connectivity index (χ2v) is 7.90. The summed E-state index contributed by atoms with van der Waals surface area (Å²) in [5.74, 6) is 1.45. The predicted octanol–water partition coefficient (Wildman–Crippen LogP) is 3.78. The van der Waals surface area contributed by atoms with Gasteiger partial charge in [-0.2, -0.15) is 4.98 Å². The molecule has 1 fully saturated rings. The zero-order valence-electron chi connectivity index (χ0n) is 17.8. The molecule has 1 aromatic heterocycles. The van der Waals surface area contributed by atoms with Crippen molar-refractivity contribution in [3.63, 3.8) is 0 Å². The number of aromatic nitrogens is 2. The Kier molecular flexibility index (Phi) is 6.94. The molecule has 7 heteroatoms. The number of hydrogen-bond acceptors (Lipinski definition) is 6. The van der Waals surface area contributed by atoms with E-state index in [-0.39, 0.29) is 11.7 Å². The number of piperidine rings is 1. The Morgan fingerprint density at radius 3 is 2.58 bits per heavy atom. The smallest absolute Gasteiger partial charge is 0.292 e. The van der Waals surface area contributed by atoms with E-state index in [1.165, 1.54) is 5.56 Å². The molecule has 0 spiro atoms. The number of nitrogens with zero attached hydrogens (tertiary/aromatic N) is 3. The number of likely N-dealkylation sites (tertiary alicyclic amines) is 1. The van der Waals surface area contributed by atoms with Gasteiger partial charge >= 0.3 is 0 Å². The Hall–Kier alpha value is -3.19. The Bertz CT molecular complexity index is 964. The average molecular weight is 421 g/mol. The molecule has 0 atom stereocenters. The molecule has 0 bridgehead atoms. The van der Waals surface area contributed by atoms with Crippen molar-refractivity contribution in [3.8, 4) is 17.2 Å². The maximum Gasteiger partial charge on any atom is 0.292 e. The highest BCUT2D eigenvalue weighted by molar-refractivity contribution is 5.90. The lowest BCUT2D eigenvalue weighted by Gasteiger charge is -2.32. The second kappa shape index (κ2) is 10.2. The molecule has 3 aromatic rings. The summed E-state index contributed by atoms with van der Waals surface area (Å²) in [4.78, 5) is 19.1. The monoisotopic (exact) mass is 420 g/mol. The Morgan fingerprint density at radius 2 is 1.87 bits per heavy atom. The summed E-state index contributed by atoms with van der Waals surface area (Å²) in [7, 11) is 1.61. The summed E-state index contributed by atoms with van der Waals surface area (Å²) in [6.45, 7) is 3.83. The van der Waals surface area contributed by atoms with Gasteiger partial charge in [-0.1, -0.05) is 35.5 Å². The van der Waals surface area contributed by atoms with Crippen molar-refractivity contribution in [2.45, 2.75) is 25.8 Å². The normalized spacial score (nSPS) is 15.0. The van der Waals surface area contributed by atoms with Gasteiger partial charge in [0, 0.05) is 18.7 Å². The topological polar surface area (TPSA) is 80.5 Å². The molecule has 0 unspecified atom stereocenters. The van der Waals surface area contributed by atoms with E-state index < -0.39 is 0 Å². The van der Waals surface area contributed by atoms with Crippen LogP contribution in [0.3, 0.4) is 0 Å². The number of amides is 1. The number of ether oxygens (including phenoxy) is 1. The summed E-state index contributed by atoms with van der Waals surface area (Å²) in [6, 6.07) is 17.9. The third-order valence-electron chi connectivity index (χ3n) is 5.76. The van der Waals surface area contributed by atoms with E-state index in [9.17, 15) is 4.79 Å². The summed E-state index contributed by atoms with van der Waals surface area (Å²) < 4.78 is 10.4. The number of benzene rings is 2. The minimum Gasteiger partial charge on any atom is -0.497 e. The van der Waals surface area contributed by atoms with E-state index in [4.69, 9.17) is 9.26 Å². The minimum absolute atomic E-state index is 0.0588. The molecule has 1 saturated heterocycles. The van der Waals surface area contributed by atoms with Crippen LogP contribution in [0.25, 0.3) is 11.5 Å². The lowest BCUT2D eigenvalue weighted by molar-refractivity contribution is 0.0934.